The minimum absolute atomic E-state index is 0.124. The summed E-state index contributed by atoms with van der Waals surface area (Å²) in [6.07, 6.45) is 5.29. The molecule has 0 aliphatic carbocycles. The average Bonchev–Trinajstić information content (AvgIpc) is 2.71. The van der Waals surface area contributed by atoms with Crippen LogP contribution in [0.3, 0.4) is 0 Å². The summed E-state index contributed by atoms with van der Waals surface area (Å²) in [5.41, 5.74) is 1.71. The summed E-state index contributed by atoms with van der Waals surface area (Å²) in [5.74, 6) is 0.668. The van der Waals surface area contributed by atoms with Gasteiger partial charge < -0.3 is 14.6 Å². The minimum Gasteiger partial charge on any atom is -0.494 e. The molecule has 0 fully saturated rings. The largest absolute Gasteiger partial charge is 0.494 e. The van der Waals surface area contributed by atoms with E-state index in [4.69, 9.17) is 9.47 Å². The monoisotopic (exact) mass is 412 g/mol. The molecule has 0 aliphatic heterocycles. The van der Waals surface area contributed by atoms with E-state index in [0.29, 0.717) is 19.4 Å². The molecule has 0 heterocycles. The number of hydrogen-bond acceptors (Lipinski definition) is 4. The minimum atomic E-state index is -0.499. The molecule has 0 amide bonds. The number of rotatable bonds is 12. The van der Waals surface area contributed by atoms with Gasteiger partial charge in [-0.3, -0.25) is 4.79 Å². The zero-order chi connectivity index (χ0) is 21.8. The number of unbranched alkanes of at least 4 members (excludes halogenated alkanes) is 3. The van der Waals surface area contributed by atoms with Gasteiger partial charge in [-0.2, -0.15) is 0 Å². The second kappa shape index (κ2) is 12.4. The molecule has 0 unspecified atom stereocenters. The molecule has 0 bridgehead atoms. The van der Waals surface area contributed by atoms with E-state index in [-0.39, 0.29) is 5.97 Å². The molecule has 4 heteroatoms. The molecule has 0 aromatic heterocycles. The lowest BCUT2D eigenvalue weighted by Gasteiger charge is -2.19. The van der Waals surface area contributed by atoms with E-state index >= 15 is 0 Å². The number of carbonyl (C=O) groups is 1. The van der Waals surface area contributed by atoms with Crippen molar-refractivity contribution in [2.75, 3.05) is 6.61 Å². The van der Waals surface area contributed by atoms with Crippen molar-refractivity contribution in [3.05, 3.63) is 65.7 Å². The van der Waals surface area contributed by atoms with Crippen molar-refractivity contribution < 1.29 is 19.4 Å². The Labute approximate surface area is 181 Å². The average molecular weight is 413 g/mol. The van der Waals surface area contributed by atoms with Crippen molar-refractivity contribution in [3.8, 4) is 5.75 Å². The SMILES string of the molecule is CC(C)(C)OC(=O)CCCCCCOc1cccc([C@H](O)CCc2ccccc2)c1. The molecule has 0 saturated heterocycles. The molecule has 4 nitrogen and oxygen atoms in total. The first kappa shape index (κ1) is 23.9. The van der Waals surface area contributed by atoms with Crippen LogP contribution < -0.4 is 4.74 Å². The normalized spacial score (nSPS) is 12.4. The summed E-state index contributed by atoms with van der Waals surface area (Å²) < 4.78 is 11.2. The van der Waals surface area contributed by atoms with E-state index in [9.17, 15) is 9.90 Å². The maximum absolute atomic E-state index is 11.7. The van der Waals surface area contributed by atoms with Gasteiger partial charge in [-0.1, -0.05) is 55.3 Å². The van der Waals surface area contributed by atoms with E-state index in [1.807, 2.05) is 63.2 Å². The third-order valence-electron chi connectivity index (χ3n) is 4.76. The van der Waals surface area contributed by atoms with Gasteiger partial charge >= 0.3 is 5.97 Å². The number of benzene rings is 2. The van der Waals surface area contributed by atoms with Crippen molar-refractivity contribution >= 4 is 5.97 Å². The summed E-state index contributed by atoms with van der Waals surface area (Å²) in [4.78, 5) is 11.7. The van der Waals surface area contributed by atoms with Crippen molar-refractivity contribution in [2.45, 2.75) is 77.4 Å². The van der Waals surface area contributed by atoms with Gasteiger partial charge in [0.1, 0.15) is 11.4 Å². The fraction of sp³-hybridized carbons (Fsp3) is 0.500. The van der Waals surface area contributed by atoms with E-state index < -0.39 is 11.7 Å². The lowest BCUT2D eigenvalue weighted by molar-refractivity contribution is -0.154. The molecular weight excluding hydrogens is 376 g/mol. The van der Waals surface area contributed by atoms with Gasteiger partial charge in [0.05, 0.1) is 12.7 Å². The topological polar surface area (TPSA) is 55.8 Å². The van der Waals surface area contributed by atoms with Crippen LogP contribution in [-0.2, 0) is 16.0 Å². The second-order valence-corrected chi connectivity index (χ2v) is 8.71. The highest BCUT2D eigenvalue weighted by molar-refractivity contribution is 5.69. The Hall–Kier alpha value is -2.33. The molecular formula is C26H36O4. The fourth-order valence-corrected chi connectivity index (χ4v) is 3.23. The summed E-state index contributed by atoms with van der Waals surface area (Å²) >= 11 is 0. The maximum Gasteiger partial charge on any atom is 0.306 e. The van der Waals surface area contributed by atoms with Gasteiger partial charge in [0.2, 0.25) is 0 Å². The van der Waals surface area contributed by atoms with Crippen molar-refractivity contribution in [1.29, 1.82) is 0 Å². The predicted octanol–water partition coefficient (Wildman–Crippen LogP) is 6.02. The highest BCUT2D eigenvalue weighted by Crippen LogP contribution is 2.23. The van der Waals surface area contributed by atoms with Crippen LogP contribution in [0.4, 0.5) is 0 Å². The Morgan fingerprint density at radius 1 is 0.967 bits per heavy atom. The lowest BCUT2D eigenvalue weighted by atomic mass is 10.0. The number of aliphatic hydroxyl groups excluding tert-OH is 1. The van der Waals surface area contributed by atoms with Gasteiger partial charge in [-0.25, -0.2) is 0 Å². The molecule has 0 aliphatic rings. The molecule has 1 atom stereocenters. The fourth-order valence-electron chi connectivity index (χ4n) is 3.23. The highest BCUT2D eigenvalue weighted by Gasteiger charge is 2.15. The zero-order valence-electron chi connectivity index (χ0n) is 18.6. The first-order valence-corrected chi connectivity index (χ1v) is 11.0. The standard InChI is InChI=1S/C26H36O4/c1-26(2,3)30-25(28)16-9-4-5-10-19-29-23-15-11-14-22(20-23)24(27)18-17-21-12-7-6-8-13-21/h6-8,11-15,20,24,27H,4-5,9-10,16-19H2,1-3H3/t24-/m1/s1. The Balaban J connectivity index is 1.62. The summed E-state index contributed by atoms with van der Waals surface area (Å²) in [6.45, 7) is 6.30. The lowest BCUT2D eigenvalue weighted by Crippen LogP contribution is -2.23. The Morgan fingerprint density at radius 3 is 2.43 bits per heavy atom. The predicted molar refractivity (Wildman–Crippen MR) is 121 cm³/mol. The van der Waals surface area contributed by atoms with Crippen LogP contribution in [0.15, 0.2) is 54.6 Å². The summed E-state index contributed by atoms with van der Waals surface area (Å²) in [6, 6.07) is 17.9. The molecule has 2 aromatic carbocycles. The van der Waals surface area contributed by atoms with Gasteiger partial charge in [0.25, 0.3) is 0 Å². The van der Waals surface area contributed by atoms with Gasteiger partial charge in [-0.05, 0) is 69.7 Å². The first-order chi connectivity index (χ1) is 14.3. The maximum atomic E-state index is 11.7. The van der Waals surface area contributed by atoms with E-state index in [2.05, 4.69) is 12.1 Å². The molecule has 30 heavy (non-hydrogen) atoms. The van der Waals surface area contributed by atoms with Crippen LogP contribution in [0.5, 0.6) is 5.75 Å². The van der Waals surface area contributed by atoms with Crippen LogP contribution >= 0.6 is 0 Å². The number of aryl methyl sites for hydroxylation is 1. The second-order valence-electron chi connectivity index (χ2n) is 8.71. The van der Waals surface area contributed by atoms with Gasteiger partial charge in [-0.15, -0.1) is 0 Å². The van der Waals surface area contributed by atoms with E-state index in [1.54, 1.807) is 0 Å². The van der Waals surface area contributed by atoms with Crippen LogP contribution in [0.25, 0.3) is 0 Å². The van der Waals surface area contributed by atoms with Crippen LogP contribution in [0.2, 0.25) is 0 Å². The Kier molecular flexibility index (Phi) is 9.88. The van der Waals surface area contributed by atoms with Crippen LogP contribution in [-0.4, -0.2) is 23.3 Å². The highest BCUT2D eigenvalue weighted by atomic mass is 16.6. The van der Waals surface area contributed by atoms with E-state index in [0.717, 1.165) is 43.4 Å². The molecule has 0 radical (unpaired) electrons. The number of aliphatic hydroxyl groups is 1. The molecule has 0 spiro atoms. The summed E-state index contributed by atoms with van der Waals surface area (Å²) in [7, 11) is 0. The molecule has 1 N–H and O–H groups in total. The molecule has 0 saturated carbocycles. The Bertz CT molecular complexity index is 749. The van der Waals surface area contributed by atoms with Crippen LogP contribution in [0, 0.1) is 0 Å². The number of hydrogen-bond donors (Lipinski definition) is 1. The number of ether oxygens (including phenoxy) is 2. The van der Waals surface area contributed by atoms with Crippen molar-refractivity contribution in [1.82, 2.24) is 0 Å². The zero-order valence-corrected chi connectivity index (χ0v) is 18.6. The third-order valence-corrected chi connectivity index (χ3v) is 4.76. The van der Waals surface area contributed by atoms with Gasteiger partial charge in [0, 0.05) is 6.42 Å². The Morgan fingerprint density at radius 2 is 1.70 bits per heavy atom. The first-order valence-electron chi connectivity index (χ1n) is 11.0. The molecule has 164 valence electrons. The van der Waals surface area contributed by atoms with Crippen molar-refractivity contribution in [2.24, 2.45) is 0 Å². The number of esters is 1. The number of carbonyl (C=O) groups excluding carboxylic acids is 1. The third kappa shape index (κ3) is 9.93. The molecule has 2 aromatic rings. The van der Waals surface area contributed by atoms with Crippen LogP contribution in [0.1, 0.15) is 76.5 Å². The molecule has 2 rings (SSSR count). The smallest absolute Gasteiger partial charge is 0.306 e. The quantitative estimate of drug-likeness (QED) is 0.342. The van der Waals surface area contributed by atoms with Crippen molar-refractivity contribution in [3.63, 3.8) is 0 Å². The van der Waals surface area contributed by atoms with Gasteiger partial charge in [0.15, 0.2) is 0 Å². The van der Waals surface area contributed by atoms with E-state index in [1.165, 1.54) is 5.56 Å². The summed E-state index contributed by atoms with van der Waals surface area (Å²) in [5, 5.41) is 10.5.